The molecule has 7 nitrogen and oxygen atoms in total. The van der Waals surface area contributed by atoms with Crippen molar-refractivity contribution >= 4 is 45.9 Å². The Morgan fingerprint density at radius 1 is 1.38 bits per heavy atom. The molecule has 0 spiro atoms. The number of carbonyl (C=O) groups excluding carboxylic acids is 1. The van der Waals surface area contributed by atoms with Crippen LogP contribution < -0.4 is 15.2 Å². The van der Waals surface area contributed by atoms with Crippen LogP contribution >= 0.6 is 23.4 Å². The molecule has 0 saturated heterocycles. The number of hydrogen-bond acceptors (Lipinski definition) is 6. The lowest BCUT2D eigenvalue weighted by Crippen LogP contribution is -2.34. The molecule has 0 fully saturated rings. The van der Waals surface area contributed by atoms with Gasteiger partial charge in [-0.05, 0) is 30.3 Å². The molecule has 1 amide bonds. The summed E-state index contributed by atoms with van der Waals surface area (Å²) in [5.74, 6) is 0.324. The van der Waals surface area contributed by atoms with Gasteiger partial charge in [0.05, 0.1) is 41.9 Å². The third-order valence-electron chi connectivity index (χ3n) is 4.64. The summed E-state index contributed by atoms with van der Waals surface area (Å²) in [5.41, 5.74) is 0.833. The molecule has 0 aliphatic carbocycles. The molecular formula is C23H21ClN4O3S. The molecule has 2 aromatic carbocycles. The maximum absolute atomic E-state index is 13.1. The molecule has 0 atom stereocenters. The molecule has 0 N–H and O–H groups in total. The van der Waals surface area contributed by atoms with Gasteiger partial charge in [0.15, 0.2) is 5.16 Å². The lowest BCUT2D eigenvalue weighted by Gasteiger charge is -2.23. The second kappa shape index (κ2) is 10.8. The lowest BCUT2D eigenvalue weighted by molar-refractivity contribution is -0.116. The molecule has 0 saturated carbocycles. The molecule has 0 unspecified atom stereocenters. The highest BCUT2D eigenvalue weighted by Crippen LogP contribution is 2.29. The molecule has 3 aromatic rings. The minimum Gasteiger partial charge on any atom is -0.495 e. The van der Waals surface area contributed by atoms with Gasteiger partial charge in [-0.3, -0.25) is 14.2 Å². The van der Waals surface area contributed by atoms with Crippen LogP contribution in [0.5, 0.6) is 5.75 Å². The number of methoxy groups -OCH3 is 1. The van der Waals surface area contributed by atoms with Crippen LogP contribution in [0.25, 0.3) is 10.9 Å². The SMILES string of the molecule is C=CCn1c(SCC(=O)N(CCC#N)c2ccccc2OC)nc2ccc(Cl)cc2c1=O. The number of rotatable bonds is 9. The topological polar surface area (TPSA) is 88.2 Å². The number of allylic oxidation sites excluding steroid dienone is 1. The number of aromatic nitrogens is 2. The Hall–Kier alpha value is -3.28. The number of benzene rings is 2. The number of nitriles is 1. The van der Waals surface area contributed by atoms with E-state index in [0.29, 0.717) is 32.5 Å². The average Bonchev–Trinajstić information content (AvgIpc) is 2.80. The van der Waals surface area contributed by atoms with Crippen LogP contribution in [0, 0.1) is 11.3 Å². The van der Waals surface area contributed by atoms with Crippen molar-refractivity contribution in [3.05, 3.63) is 70.5 Å². The van der Waals surface area contributed by atoms with Gasteiger partial charge < -0.3 is 9.64 Å². The Balaban J connectivity index is 1.92. The van der Waals surface area contributed by atoms with Crippen LogP contribution in [0.2, 0.25) is 5.02 Å². The Bertz CT molecular complexity index is 1250. The van der Waals surface area contributed by atoms with E-state index in [1.165, 1.54) is 16.6 Å². The van der Waals surface area contributed by atoms with E-state index in [0.717, 1.165) is 11.8 Å². The molecule has 1 aromatic heterocycles. The fourth-order valence-corrected chi connectivity index (χ4v) is 4.23. The first-order chi connectivity index (χ1) is 15.5. The number of hydrogen-bond donors (Lipinski definition) is 0. The number of halogens is 1. The van der Waals surface area contributed by atoms with Gasteiger partial charge in [-0.25, -0.2) is 4.98 Å². The van der Waals surface area contributed by atoms with E-state index < -0.39 is 0 Å². The van der Waals surface area contributed by atoms with Crippen LogP contribution in [0.4, 0.5) is 5.69 Å². The van der Waals surface area contributed by atoms with Crippen molar-refractivity contribution in [1.82, 2.24) is 9.55 Å². The third kappa shape index (κ3) is 5.13. The van der Waals surface area contributed by atoms with Gasteiger partial charge in [-0.15, -0.1) is 6.58 Å². The van der Waals surface area contributed by atoms with Crippen LogP contribution in [-0.2, 0) is 11.3 Å². The summed E-state index contributed by atoms with van der Waals surface area (Å²) in [6.45, 7) is 4.18. The Morgan fingerprint density at radius 3 is 2.88 bits per heavy atom. The number of amides is 1. The molecule has 0 bridgehead atoms. The average molecular weight is 469 g/mol. The van der Waals surface area contributed by atoms with Crippen LogP contribution in [0.3, 0.4) is 0 Å². The van der Waals surface area contributed by atoms with E-state index in [1.54, 1.807) is 42.5 Å². The highest BCUT2D eigenvalue weighted by molar-refractivity contribution is 7.99. The maximum Gasteiger partial charge on any atom is 0.262 e. The molecular weight excluding hydrogens is 448 g/mol. The first-order valence-electron chi connectivity index (χ1n) is 9.74. The van der Waals surface area contributed by atoms with Crippen molar-refractivity contribution in [2.75, 3.05) is 24.3 Å². The molecule has 0 radical (unpaired) electrons. The molecule has 164 valence electrons. The normalized spacial score (nSPS) is 10.5. The Kier molecular flexibility index (Phi) is 7.92. The van der Waals surface area contributed by atoms with Crippen molar-refractivity contribution in [2.45, 2.75) is 18.1 Å². The number of para-hydroxylation sites is 2. The van der Waals surface area contributed by atoms with E-state index in [1.807, 2.05) is 6.07 Å². The lowest BCUT2D eigenvalue weighted by atomic mass is 10.2. The van der Waals surface area contributed by atoms with Gasteiger partial charge >= 0.3 is 0 Å². The summed E-state index contributed by atoms with van der Waals surface area (Å²) < 4.78 is 6.85. The monoisotopic (exact) mass is 468 g/mol. The van der Waals surface area contributed by atoms with Gasteiger partial charge in [0.25, 0.3) is 5.56 Å². The summed E-state index contributed by atoms with van der Waals surface area (Å²) >= 11 is 7.19. The number of carbonyl (C=O) groups is 1. The molecule has 1 heterocycles. The number of nitrogens with zero attached hydrogens (tertiary/aromatic N) is 4. The second-order valence-corrected chi connectivity index (χ2v) is 8.05. The van der Waals surface area contributed by atoms with E-state index in [4.69, 9.17) is 21.6 Å². The minimum absolute atomic E-state index is 0.0200. The number of fused-ring (bicyclic) bond motifs is 1. The summed E-state index contributed by atoms with van der Waals surface area (Å²) in [4.78, 5) is 32.2. The van der Waals surface area contributed by atoms with E-state index in [2.05, 4.69) is 17.6 Å². The number of thioether (sulfide) groups is 1. The molecule has 0 aliphatic rings. The van der Waals surface area contributed by atoms with Crippen molar-refractivity contribution in [1.29, 1.82) is 5.26 Å². The highest BCUT2D eigenvalue weighted by atomic mass is 35.5. The molecule has 9 heteroatoms. The van der Waals surface area contributed by atoms with E-state index in [9.17, 15) is 9.59 Å². The largest absolute Gasteiger partial charge is 0.495 e. The molecule has 32 heavy (non-hydrogen) atoms. The third-order valence-corrected chi connectivity index (χ3v) is 5.84. The van der Waals surface area contributed by atoms with Gasteiger partial charge in [0.2, 0.25) is 5.91 Å². The minimum atomic E-state index is -0.251. The van der Waals surface area contributed by atoms with Gasteiger partial charge in [-0.2, -0.15) is 5.26 Å². The second-order valence-electron chi connectivity index (χ2n) is 6.67. The highest BCUT2D eigenvalue weighted by Gasteiger charge is 2.21. The van der Waals surface area contributed by atoms with E-state index >= 15 is 0 Å². The Labute approximate surface area is 194 Å². The summed E-state index contributed by atoms with van der Waals surface area (Å²) in [6, 6.07) is 14.1. The first-order valence-corrected chi connectivity index (χ1v) is 11.1. The maximum atomic E-state index is 13.1. The van der Waals surface area contributed by atoms with Gasteiger partial charge in [0.1, 0.15) is 5.75 Å². The number of anilines is 1. The zero-order chi connectivity index (χ0) is 23.1. The van der Waals surface area contributed by atoms with Crippen molar-refractivity contribution in [2.24, 2.45) is 0 Å². The van der Waals surface area contributed by atoms with Crippen LogP contribution in [-0.4, -0.2) is 34.9 Å². The predicted octanol–water partition coefficient (Wildman–Crippen LogP) is 4.28. The van der Waals surface area contributed by atoms with Crippen LogP contribution in [0.1, 0.15) is 6.42 Å². The molecule has 0 aliphatic heterocycles. The van der Waals surface area contributed by atoms with Gasteiger partial charge in [0, 0.05) is 18.1 Å². The van der Waals surface area contributed by atoms with Crippen molar-refractivity contribution < 1.29 is 9.53 Å². The standard InChI is InChI=1S/C23H21ClN4O3S/c1-3-12-28-22(30)17-14-16(24)9-10-18(17)26-23(28)32-15-21(29)27(13-6-11-25)19-7-4-5-8-20(19)31-2/h3-5,7-10,14H,1,6,12-13,15H2,2H3. The summed E-state index contributed by atoms with van der Waals surface area (Å²) in [5, 5.41) is 10.3. The zero-order valence-electron chi connectivity index (χ0n) is 17.5. The summed E-state index contributed by atoms with van der Waals surface area (Å²) in [7, 11) is 1.53. The fraction of sp³-hybridized carbons (Fsp3) is 0.217. The zero-order valence-corrected chi connectivity index (χ0v) is 19.0. The number of ether oxygens (including phenoxy) is 1. The van der Waals surface area contributed by atoms with Crippen LogP contribution in [0.15, 0.2) is 65.1 Å². The molecule has 3 rings (SSSR count). The van der Waals surface area contributed by atoms with Crippen molar-refractivity contribution in [3.8, 4) is 11.8 Å². The Morgan fingerprint density at radius 2 is 2.16 bits per heavy atom. The fourth-order valence-electron chi connectivity index (χ4n) is 3.17. The quantitative estimate of drug-likeness (QED) is 0.264. The van der Waals surface area contributed by atoms with Crippen molar-refractivity contribution in [3.63, 3.8) is 0 Å². The first kappa shape index (κ1) is 23.4. The predicted molar refractivity (Wildman–Crippen MR) is 128 cm³/mol. The van der Waals surface area contributed by atoms with E-state index in [-0.39, 0.29) is 36.7 Å². The summed E-state index contributed by atoms with van der Waals surface area (Å²) in [6.07, 6.45) is 1.77. The smallest absolute Gasteiger partial charge is 0.262 e. The van der Waals surface area contributed by atoms with Gasteiger partial charge in [-0.1, -0.05) is 41.6 Å².